The number of sulfone groups is 1. The molecule has 11 nitrogen and oxygen atoms in total. The number of carbonyl (C=O) groups is 1. The summed E-state index contributed by atoms with van der Waals surface area (Å²) in [5.74, 6) is -0.217. The number of aliphatic hydroxyl groups excluding tert-OH is 1. The highest BCUT2D eigenvalue weighted by Gasteiger charge is 2.54. The largest absolute Gasteiger partial charge is 0.494 e. The molecule has 1 amide bonds. The van der Waals surface area contributed by atoms with Gasteiger partial charge in [-0.1, -0.05) is 77.9 Å². The van der Waals surface area contributed by atoms with Crippen molar-refractivity contribution in [2.75, 3.05) is 25.5 Å². The van der Waals surface area contributed by atoms with E-state index in [1.54, 1.807) is 66.7 Å². The van der Waals surface area contributed by atoms with Gasteiger partial charge in [0.25, 0.3) is 5.91 Å². The van der Waals surface area contributed by atoms with Gasteiger partial charge in [0.1, 0.15) is 5.75 Å². The summed E-state index contributed by atoms with van der Waals surface area (Å²) in [5.41, 5.74) is 9.76. The minimum Gasteiger partial charge on any atom is -0.494 e. The van der Waals surface area contributed by atoms with Gasteiger partial charge in [-0.3, -0.25) is 4.79 Å². The number of aliphatic hydroxyl groups is 1. The molecule has 1 aliphatic heterocycles. The molecule has 0 aliphatic carbocycles. The molecule has 0 spiro atoms. The topological polar surface area (TPSA) is 163 Å². The summed E-state index contributed by atoms with van der Waals surface area (Å²) in [7, 11) is -3.83. The maximum absolute atomic E-state index is 14.4. The molecule has 0 fully saturated rings. The van der Waals surface area contributed by atoms with Crippen LogP contribution < -0.4 is 10.1 Å². The highest BCUT2D eigenvalue weighted by atomic mass is 32.2. The quantitative estimate of drug-likeness (QED) is 0.0706. The zero-order chi connectivity index (χ0) is 33.1. The van der Waals surface area contributed by atoms with Crippen LogP contribution in [0.15, 0.2) is 124 Å². The molecule has 4 aromatic rings. The summed E-state index contributed by atoms with van der Waals surface area (Å²) in [5, 5.41) is 15.9. The Morgan fingerprint density at radius 3 is 2.36 bits per heavy atom. The summed E-state index contributed by atoms with van der Waals surface area (Å²) in [6, 6.07) is 31.3. The maximum Gasteiger partial charge on any atom is 0.252 e. The minimum atomic E-state index is -3.83. The molecular weight excluding hydrogens is 618 g/mol. The summed E-state index contributed by atoms with van der Waals surface area (Å²) in [6.45, 7) is 0.621. The van der Waals surface area contributed by atoms with Crippen molar-refractivity contribution in [3.05, 3.63) is 136 Å². The first-order valence-corrected chi connectivity index (χ1v) is 16.9. The van der Waals surface area contributed by atoms with Gasteiger partial charge >= 0.3 is 0 Å². The number of carbonyl (C=O) groups excluding carboxylic acids is 1. The lowest BCUT2D eigenvalue weighted by molar-refractivity contribution is -0.129. The van der Waals surface area contributed by atoms with Crippen LogP contribution in [0.3, 0.4) is 0 Å². The summed E-state index contributed by atoms with van der Waals surface area (Å²) < 4.78 is 39.2. The monoisotopic (exact) mass is 653 g/mol. The summed E-state index contributed by atoms with van der Waals surface area (Å²) in [4.78, 5) is 22.4. The molecule has 4 aromatic carbocycles. The minimum absolute atomic E-state index is 0.0108. The van der Waals surface area contributed by atoms with E-state index in [9.17, 15) is 18.7 Å². The molecule has 12 heteroatoms. The third kappa shape index (κ3) is 7.98. The lowest BCUT2D eigenvalue weighted by Crippen LogP contribution is -2.49. The van der Waals surface area contributed by atoms with Gasteiger partial charge in [-0.05, 0) is 53.9 Å². The Balaban J connectivity index is 1.56. The van der Waals surface area contributed by atoms with Gasteiger partial charge in [-0.25, -0.2) is 13.4 Å². The van der Waals surface area contributed by atoms with Gasteiger partial charge in [0, 0.05) is 47.7 Å². The van der Waals surface area contributed by atoms with Crippen molar-refractivity contribution in [2.24, 2.45) is 10.1 Å². The molecule has 0 radical (unpaired) electrons. The van der Waals surface area contributed by atoms with Crippen LogP contribution >= 0.6 is 0 Å². The van der Waals surface area contributed by atoms with E-state index < -0.39 is 33.1 Å². The number of rotatable bonds is 15. The van der Waals surface area contributed by atoms with E-state index in [0.717, 1.165) is 5.56 Å². The molecule has 47 heavy (non-hydrogen) atoms. The lowest BCUT2D eigenvalue weighted by Gasteiger charge is -2.31. The van der Waals surface area contributed by atoms with Crippen LogP contribution in [-0.2, 0) is 25.8 Å². The number of hydrogen-bond donors (Lipinski definition) is 2. The first-order chi connectivity index (χ1) is 22.9. The van der Waals surface area contributed by atoms with Crippen molar-refractivity contribution < 1.29 is 27.8 Å². The lowest BCUT2D eigenvalue weighted by atomic mass is 9.84. The first-order valence-electron chi connectivity index (χ1n) is 15.2. The second-order valence-electron chi connectivity index (χ2n) is 10.9. The number of amides is 1. The molecule has 2 atom stereocenters. The Bertz CT molecular complexity index is 1850. The zero-order valence-corrected chi connectivity index (χ0v) is 26.4. The predicted molar refractivity (Wildman–Crippen MR) is 178 cm³/mol. The van der Waals surface area contributed by atoms with Gasteiger partial charge in [-0.15, -0.1) is 0 Å². The Morgan fingerprint density at radius 2 is 1.66 bits per heavy atom. The fourth-order valence-electron chi connectivity index (χ4n) is 5.35. The molecule has 0 aromatic heterocycles. The summed E-state index contributed by atoms with van der Waals surface area (Å²) in [6.07, 6.45) is -0.317. The van der Waals surface area contributed by atoms with Crippen molar-refractivity contribution in [2.45, 2.75) is 35.8 Å². The van der Waals surface area contributed by atoms with E-state index in [-0.39, 0.29) is 36.1 Å². The number of azide groups is 1. The molecule has 0 bridgehead atoms. The maximum atomic E-state index is 14.4. The van der Waals surface area contributed by atoms with E-state index in [1.165, 1.54) is 12.1 Å². The average molecular weight is 654 g/mol. The third-order valence-electron chi connectivity index (χ3n) is 7.80. The Kier molecular flexibility index (Phi) is 10.9. The van der Waals surface area contributed by atoms with Crippen molar-refractivity contribution >= 4 is 27.3 Å². The van der Waals surface area contributed by atoms with Crippen LogP contribution in [0.2, 0.25) is 0 Å². The Hall–Kier alpha value is -5.16. The van der Waals surface area contributed by atoms with Gasteiger partial charge < -0.3 is 19.9 Å². The number of aliphatic imine (C=N–C) groups is 1. The van der Waals surface area contributed by atoms with E-state index in [4.69, 9.17) is 19.6 Å². The average Bonchev–Trinajstić information content (AvgIpc) is 3.50. The molecule has 0 saturated carbocycles. The number of nitrogens with one attached hydrogen (secondary N) is 1. The van der Waals surface area contributed by atoms with Crippen LogP contribution in [0.25, 0.3) is 10.4 Å². The SMILES string of the molecule is [N-]=[N+]=Nc1ccccc1[C@H]1OC(c2ccc(OCCCO)cc2)=N[C@@]1(CCS(=O)(=O)c1ccccc1)C(=O)NCCc1ccccc1. The van der Waals surface area contributed by atoms with Crippen molar-refractivity contribution in [1.29, 1.82) is 0 Å². The van der Waals surface area contributed by atoms with Crippen LogP contribution in [0.5, 0.6) is 5.75 Å². The van der Waals surface area contributed by atoms with E-state index in [1.807, 2.05) is 30.3 Å². The number of hydrogen-bond acceptors (Lipinski definition) is 8. The molecule has 5 rings (SSSR count). The standard InChI is InChI=1S/C35H35N5O6S/c36-40-39-31-15-8-7-14-30(31)32-35(21-25-47(43,44)29-12-5-2-6-13-29,34(42)37-22-20-26-10-3-1-4-11-26)38-33(46-32)27-16-18-28(19-17-27)45-24-9-23-41/h1-8,10-19,32,41H,9,20-25H2,(H,37,42)/t32-,35-/m1/s1. The number of nitrogens with zero attached hydrogens (tertiary/aromatic N) is 4. The van der Waals surface area contributed by atoms with Crippen molar-refractivity contribution in [3.8, 4) is 5.75 Å². The van der Waals surface area contributed by atoms with Crippen LogP contribution in [0.1, 0.15) is 35.6 Å². The van der Waals surface area contributed by atoms with Gasteiger partial charge in [0.15, 0.2) is 21.5 Å². The molecule has 0 saturated heterocycles. The molecule has 2 N–H and O–H groups in total. The van der Waals surface area contributed by atoms with Crippen molar-refractivity contribution in [1.82, 2.24) is 5.32 Å². The predicted octanol–water partition coefficient (Wildman–Crippen LogP) is 5.87. The van der Waals surface area contributed by atoms with Crippen LogP contribution in [-0.4, -0.2) is 56.4 Å². The van der Waals surface area contributed by atoms with Gasteiger partial charge in [0.2, 0.25) is 5.90 Å². The fraction of sp³-hybridized carbons (Fsp3) is 0.257. The van der Waals surface area contributed by atoms with E-state index in [2.05, 4.69) is 15.3 Å². The highest BCUT2D eigenvalue weighted by molar-refractivity contribution is 7.91. The van der Waals surface area contributed by atoms with E-state index >= 15 is 0 Å². The first kappa shape index (κ1) is 33.2. The molecule has 1 aliphatic rings. The van der Waals surface area contributed by atoms with Crippen molar-refractivity contribution in [3.63, 3.8) is 0 Å². The second-order valence-corrected chi connectivity index (χ2v) is 13.0. The smallest absolute Gasteiger partial charge is 0.252 e. The van der Waals surface area contributed by atoms with Crippen LogP contribution in [0.4, 0.5) is 5.69 Å². The number of benzene rings is 4. The summed E-state index contributed by atoms with van der Waals surface area (Å²) >= 11 is 0. The second kappa shape index (κ2) is 15.4. The number of ether oxygens (including phenoxy) is 2. The van der Waals surface area contributed by atoms with Crippen LogP contribution in [0, 0.1) is 0 Å². The van der Waals surface area contributed by atoms with Gasteiger partial charge in [-0.2, -0.15) is 0 Å². The van der Waals surface area contributed by atoms with Gasteiger partial charge in [0.05, 0.1) is 17.3 Å². The zero-order valence-electron chi connectivity index (χ0n) is 25.6. The van der Waals surface area contributed by atoms with E-state index in [0.29, 0.717) is 36.3 Å². The Labute approximate surface area is 273 Å². The third-order valence-corrected chi connectivity index (χ3v) is 9.53. The molecule has 1 heterocycles. The molecule has 0 unspecified atom stereocenters. The normalized spacial score (nSPS) is 17.2. The Morgan fingerprint density at radius 1 is 0.979 bits per heavy atom. The fourth-order valence-corrected chi connectivity index (χ4v) is 6.74. The molecular formula is C35H35N5O6S. The molecule has 242 valence electrons. The highest BCUT2D eigenvalue weighted by Crippen LogP contribution is 2.46.